The molecule has 232 valence electrons. The van der Waals surface area contributed by atoms with E-state index in [9.17, 15) is 19.7 Å². The Hall–Kier alpha value is -5.55. The lowest BCUT2D eigenvalue weighted by Crippen LogP contribution is -2.54. The molecule has 0 bridgehead atoms. The predicted octanol–water partition coefficient (Wildman–Crippen LogP) is 6.61. The number of amides is 2. The van der Waals surface area contributed by atoms with Crippen LogP contribution >= 0.6 is 12.2 Å². The lowest BCUT2D eigenvalue weighted by atomic mass is 9.88. The largest absolute Gasteiger partial charge is 0.496 e. The SMILES string of the molecule is COc1ccccc1C1CCN(c2ccc([N+](=O)[O-])cc2/C=C2\C(=O)NC(=S)N(c3ccc(Oc4ccccc4)cc3)C2=O)CC1. The summed E-state index contributed by atoms with van der Waals surface area (Å²) >= 11 is 5.38. The fourth-order valence-electron chi connectivity index (χ4n) is 5.83. The molecule has 10 nitrogen and oxygen atoms in total. The Morgan fingerprint density at radius 3 is 2.28 bits per heavy atom. The van der Waals surface area contributed by atoms with Crippen LogP contribution in [0.15, 0.2) is 103 Å². The van der Waals surface area contributed by atoms with Gasteiger partial charge in [-0.2, -0.15) is 0 Å². The van der Waals surface area contributed by atoms with E-state index in [1.165, 1.54) is 23.1 Å². The molecule has 11 heteroatoms. The second-order valence-electron chi connectivity index (χ2n) is 10.9. The first-order chi connectivity index (χ1) is 22.3. The molecule has 2 aliphatic heterocycles. The van der Waals surface area contributed by atoms with Crippen LogP contribution in [-0.4, -0.2) is 42.0 Å². The highest BCUT2D eigenvalue weighted by Gasteiger charge is 2.35. The molecule has 0 aliphatic carbocycles. The van der Waals surface area contributed by atoms with Gasteiger partial charge in [-0.25, -0.2) is 0 Å². The third-order valence-corrected chi connectivity index (χ3v) is 8.40. The van der Waals surface area contributed by atoms with Crippen molar-refractivity contribution in [3.8, 4) is 17.2 Å². The average Bonchev–Trinajstić information content (AvgIpc) is 3.08. The molecule has 0 aromatic heterocycles. The first-order valence-corrected chi connectivity index (χ1v) is 15.1. The van der Waals surface area contributed by atoms with Crippen molar-refractivity contribution < 1.29 is 24.0 Å². The first-order valence-electron chi connectivity index (χ1n) is 14.7. The van der Waals surface area contributed by atoms with Gasteiger partial charge in [0.2, 0.25) is 0 Å². The van der Waals surface area contributed by atoms with Crippen molar-refractivity contribution in [1.29, 1.82) is 0 Å². The second kappa shape index (κ2) is 13.2. The zero-order valence-electron chi connectivity index (χ0n) is 24.9. The third kappa shape index (κ3) is 6.31. The number of rotatable bonds is 8. The fourth-order valence-corrected chi connectivity index (χ4v) is 6.11. The highest BCUT2D eigenvalue weighted by Crippen LogP contribution is 2.37. The summed E-state index contributed by atoms with van der Waals surface area (Å²) < 4.78 is 11.4. The number of methoxy groups -OCH3 is 1. The normalized spacial score (nSPS) is 16.4. The molecule has 1 N–H and O–H groups in total. The summed E-state index contributed by atoms with van der Waals surface area (Å²) in [4.78, 5) is 41.5. The van der Waals surface area contributed by atoms with E-state index < -0.39 is 16.7 Å². The van der Waals surface area contributed by atoms with Crippen LogP contribution in [0.1, 0.15) is 29.9 Å². The van der Waals surface area contributed by atoms with Crippen LogP contribution in [0.4, 0.5) is 17.1 Å². The predicted molar refractivity (Wildman–Crippen MR) is 179 cm³/mol. The highest BCUT2D eigenvalue weighted by molar-refractivity contribution is 7.80. The van der Waals surface area contributed by atoms with Crippen LogP contribution in [0.5, 0.6) is 17.2 Å². The maximum Gasteiger partial charge on any atom is 0.270 e. The molecule has 46 heavy (non-hydrogen) atoms. The van der Waals surface area contributed by atoms with Crippen LogP contribution in [-0.2, 0) is 9.59 Å². The zero-order chi connectivity index (χ0) is 32.2. The van der Waals surface area contributed by atoms with Crippen molar-refractivity contribution in [2.24, 2.45) is 0 Å². The Bertz CT molecular complexity index is 1840. The number of anilines is 2. The number of hydrogen-bond donors (Lipinski definition) is 1. The van der Waals surface area contributed by atoms with Gasteiger partial charge < -0.3 is 14.4 Å². The van der Waals surface area contributed by atoms with Gasteiger partial charge in [0.25, 0.3) is 17.5 Å². The van der Waals surface area contributed by atoms with Crippen molar-refractivity contribution in [2.45, 2.75) is 18.8 Å². The second-order valence-corrected chi connectivity index (χ2v) is 11.3. The molecule has 2 aliphatic rings. The lowest BCUT2D eigenvalue weighted by molar-refractivity contribution is -0.384. The van der Waals surface area contributed by atoms with Crippen molar-refractivity contribution in [3.05, 3.63) is 124 Å². The zero-order valence-corrected chi connectivity index (χ0v) is 25.7. The number of nitro benzene ring substituents is 1. The number of para-hydroxylation sites is 2. The Kier molecular flexibility index (Phi) is 8.75. The number of non-ortho nitro benzene ring substituents is 1. The van der Waals surface area contributed by atoms with Gasteiger partial charge in [-0.05, 0) is 91.1 Å². The minimum absolute atomic E-state index is 0.0680. The van der Waals surface area contributed by atoms with E-state index in [4.69, 9.17) is 21.7 Å². The minimum atomic E-state index is -0.678. The van der Waals surface area contributed by atoms with Gasteiger partial charge in [0.05, 0.1) is 17.7 Å². The van der Waals surface area contributed by atoms with Crippen LogP contribution < -0.4 is 24.6 Å². The molecule has 4 aromatic carbocycles. The number of carbonyl (C=O) groups excluding carboxylic acids is 2. The van der Waals surface area contributed by atoms with E-state index in [2.05, 4.69) is 16.3 Å². The van der Waals surface area contributed by atoms with E-state index in [-0.39, 0.29) is 22.3 Å². The van der Waals surface area contributed by atoms with E-state index in [1.807, 2.05) is 48.5 Å². The van der Waals surface area contributed by atoms with E-state index in [1.54, 1.807) is 37.4 Å². The van der Waals surface area contributed by atoms with Gasteiger partial charge in [0, 0.05) is 36.5 Å². The Labute approximate surface area is 271 Å². The number of ether oxygens (including phenoxy) is 2. The molecule has 6 rings (SSSR count). The summed E-state index contributed by atoms with van der Waals surface area (Å²) in [6.45, 7) is 1.34. The Balaban J connectivity index is 1.27. The minimum Gasteiger partial charge on any atom is -0.496 e. The number of nitrogens with one attached hydrogen (secondary N) is 1. The number of thiocarbonyl (C=S) groups is 1. The molecule has 4 aromatic rings. The summed E-state index contributed by atoms with van der Waals surface area (Å²) in [5, 5.41) is 14.2. The fraction of sp³-hybridized carbons (Fsp3) is 0.171. The van der Waals surface area contributed by atoms with Crippen molar-refractivity contribution >= 4 is 52.3 Å². The summed E-state index contributed by atoms with van der Waals surface area (Å²) in [5.74, 6) is 1.04. The van der Waals surface area contributed by atoms with Crippen molar-refractivity contribution in [3.63, 3.8) is 0 Å². The van der Waals surface area contributed by atoms with Gasteiger partial charge in [0.1, 0.15) is 22.8 Å². The molecule has 2 saturated heterocycles. The molecular weight excluding hydrogens is 604 g/mol. The molecule has 2 fully saturated rings. The third-order valence-electron chi connectivity index (χ3n) is 8.11. The van der Waals surface area contributed by atoms with Crippen LogP contribution in [0.25, 0.3) is 6.08 Å². The van der Waals surface area contributed by atoms with Gasteiger partial charge >= 0.3 is 0 Å². The molecule has 2 amide bonds. The number of nitro groups is 1. The summed E-state index contributed by atoms with van der Waals surface area (Å²) in [6, 6.07) is 28.5. The number of carbonyl (C=O) groups is 2. The summed E-state index contributed by atoms with van der Waals surface area (Å²) in [5.41, 5.74) is 2.32. The number of nitrogens with zero attached hydrogens (tertiary/aromatic N) is 3. The lowest BCUT2D eigenvalue weighted by Gasteiger charge is -2.35. The van der Waals surface area contributed by atoms with Gasteiger partial charge in [0.15, 0.2) is 5.11 Å². The van der Waals surface area contributed by atoms with Crippen LogP contribution in [0.3, 0.4) is 0 Å². The monoisotopic (exact) mass is 634 g/mol. The number of hydrogen-bond acceptors (Lipinski definition) is 8. The summed E-state index contributed by atoms with van der Waals surface area (Å²) in [7, 11) is 1.66. The van der Waals surface area contributed by atoms with E-state index in [0.29, 0.717) is 41.5 Å². The summed E-state index contributed by atoms with van der Waals surface area (Å²) in [6.07, 6.45) is 3.08. The molecule has 0 radical (unpaired) electrons. The maximum atomic E-state index is 13.8. The average molecular weight is 635 g/mol. The first kappa shape index (κ1) is 30.5. The van der Waals surface area contributed by atoms with Crippen LogP contribution in [0, 0.1) is 10.1 Å². The molecule has 0 saturated carbocycles. The van der Waals surface area contributed by atoms with Gasteiger partial charge in [-0.15, -0.1) is 0 Å². The van der Waals surface area contributed by atoms with Crippen molar-refractivity contribution in [2.75, 3.05) is 30.0 Å². The van der Waals surface area contributed by atoms with Gasteiger partial charge in [-0.1, -0.05) is 36.4 Å². The smallest absolute Gasteiger partial charge is 0.270 e. The number of piperidine rings is 1. The molecule has 0 spiro atoms. The molecule has 0 unspecified atom stereocenters. The van der Waals surface area contributed by atoms with Crippen molar-refractivity contribution in [1.82, 2.24) is 5.32 Å². The molecule has 0 atom stereocenters. The Morgan fingerprint density at radius 1 is 0.913 bits per heavy atom. The standard InChI is InChI=1S/C35H30N4O6S/c1-44-32-10-6-5-9-29(32)23-17-19-37(20-18-23)31-16-13-26(39(42)43)21-24(31)22-30-33(40)36-35(46)38(34(30)41)25-11-14-28(15-12-25)45-27-7-3-2-4-8-27/h2-16,21-23H,17-20H2,1H3,(H,36,40,46)/b30-22+. The van der Waals surface area contributed by atoms with Crippen LogP contribution in [0.2, 0.25) is 0 Å². The molecular formula is C35H30N4O6S. The maximum absolute atomic E-state index is 13.8. The molecule has 2 heterocycles. The van der Waals surface area contributed by atoms with E-state index in [0.717, 1.165) is 24.2 Å². The van der Waals surface area contributed by atoms with Gasteiger partial charge in [-0.3, -0.25) is 29.9 Å². The Morgan fingerprint density at radius 2 is 1.59 bits per heavy atom. The highest BCUT2D eigenvalue weighted by atomic mass is 32.1. The topological polar surface area (TPSA) is 114 Å². The quantitative estimate of drug-likeness (QED) is 0.0757. The van der Waals surface area contributed by atoms with E-state index >= 15 is 0 Å². The number of benzene rings is 4.